The lowest BCUT2D eigenvalue weighted by atomic mass is 10.2. The first-order chi connectivity index (χ1) is 13.7. The zero-order valence-electron chi connectivity index (χ0n) is 15.1. The van der Waals surface area contributed by atoms with E-state index in [2.05, 4.69) is 15.9 Å². The van der Waals surface area contributed by atoms with Crippen molar-refractivity contribution in [3.63, 3.8) is 0 Å². The first-order valence-corrected chi connectivity index (χ1v) is 10.4. The van der Waals surface area contributed by atoms with Gasteiger partial charge in [0.2, 0.25) is 0 Å². The summed E-state index contributed by atoms with van der Waals surface area (Å²) in [4.78, 5) is 19.7. The summed E-state index contributed by atoms with van der Waals surface area (Å²) in [5.41, 5.74) is 1.33. The molecule has 0 fully saturated rings. The van der Waals surface area contributed by atoms with Crippen LogP contribution in [-0.2, 0) is 6.54 Å². The Labute approximate surface area is 174 Å². The predicted molar refractivity (Wildman–Crippen MR) is 114 cm³/mol. The van der Waals surface area contributed by atoms with Crippen LogP contribution >= 0.6 is 27.3 Å². The number of fused-ring (bicyclic) bond motifs is 1. The number of benzene rings is 2. The Kier molecular flexibility index (Phi) is 5.45. The van der Waals surface area contributed by atoms with Gasteiger partial charge < -0.3 is 9.15 Å². The third kappa shape index (κ3) is 3.81. The summed E-state index contributed by atoms with van der Waals surface area (Å²) in [6.07, 6.45) is 1.60. The Balaban J connectivity index is 1.78. The molecule has 4 rings (SSSR count). The fourth-order valence-electron chi connectivity index (χ4n) is 2.86. The largest absolute Gasteiger partial charge is 0.492 e. The van der Waals surface area contributed by atoms with Crippen molar-refractivity contribution in [1.82, 2.24) is 4.98 Å². The lowest BCUT2D eigenvalue weighted by molar-refractivity contribution is 0.0983. The number of nitrogens with zero attached hydrogens (tertiary/aromatic N) is 2. The van der Waals surface area contributed by atoms with E-state index >= 15 is 0 Å². The standard InChI is InChI=1S/C21H17BrN2O3S/c1-2-26-17-9-4-10-18-19(17)23-21(28-18)24(13-16-8-5-11-27-16)20(25)14-6-3-7-15(22)12-14/h3-12H,2,13H2,1H3. The molecule has 2 aromatic carbocycles. The third-order valence-corrected chi connectivity index (χ3v) is 5.65. The summed E-state index contributed by atoms with van der Waals surface area (Å²) in [7, 11) is 0. The van der Waals surface area contributed by atoms with E-state index in [1.807, 2.05) is 49.4 Å². The SMILES string of the molecule is CCOc1cccc2sc(N(Cc3ccco3)C(=O)c3cccc(Br)c3)nc12. The molecule has 0 aliphatic rings. The molecule has 1 amide bonds. The Morgan fingerprint density at radius 2 is 2.07 bits per heavy atom. The van der Waals surface area contributed by atoms with Gasteiger partial charge in [0.05, 0.1) is 24.1 Å². The van der Waals surface area contributed by atoms with E-state index in [0.29, 0.717) is 29.6 Å². The summed E-state index contributed by atoms with van der Waals surface area (Å²) in [6.45, 7) is 2.79. The van der Waals surface area contributed by atoms with Crippen molar-refractivity contribution in [2.75, 3.05) is 11.5 Å². The van der Waals surface area contributed by atoms with Gasteiger partial charge in [-0.15, -0.1) is 0 Å². The van der Waals surface area contributed by atoms with Gasteiger partial charge in [0.1, 0.15) is 17.0 Å². The van der Waals surface area contributed by atoms with Crippen molar-refractivity contribution in [2.24, 2.45) is 0 Å². The van der Waals surface area contributed by atoms with Crippen molar-refractivity contribution in [3.05, 3.63) is 76.7 Å². The Morgan fingerprint density at radius 1 is 1.21 bits per heavy atom. The van der Waals surface area contributed by atoms with Gasteiger partial charge in [-0.2, -0.15) is 0 Å². The van der Waals surface area contributed by atoms with Crippen LogP contribution in [0.2, 0.25) is 0 Å². The summed E-state index contributed by atoms with van der Waals surface area (Å²) in [5, 5.41) is 0.600. The number of amides is 1. The van der Waals surface area contributed by atoms with Gasteiger partial charge in [-0.05, 0) is 49.4 Å². The van der Waals surface area contributed by atoms with Gasteiger partial charge in [-0.1, -0.05) is 39.4 Å². The van der Waals surface area contributed by atoms with Crippen LogP contribution in [0.3, 0.4) is 0 Å². The number of halogens is 1. The van der Waals surface area contributed by atoms with Crippen LogP contribution < -0.4 is 9.64 Å². The van der Waals surface area contributed by atoms with Crippen molar-refractivity contribution >= 4 is 48.5 Å². The normalized spacial score (nSPS) is 10.9. The van der Waals surface area contributed by atoms with Gasteiger partial charge in [-0.25, -0.2) is 4.98 Å². The van der Waals surface area contributed by atoms with Crippen LogP contribution in [0.4, 0.5) is 5.13 Å². The monoisotopic (exact) mass is 456 g/mol. The van der Waals surface area contributed by atoms with Gasteiger partial charge in [0.15, 0.2) is 5.13 Å². The maximum atomic E-state index is 13.3. The van der Waals surface area contributed by atoms with E-state index in [-0.39, 0.29) is 5.91 Å². The molecule has 7 heteroatoms. The van der Waals surface area contributed by atoms with Gasteiger partial charge in [0, 0.05) is 10.0 Å². The van der Waals surface area contributed by atoms with Crippen LogP contribution in [0.15, 0.2) is 69.8 Å². The van der Waals surface area contributed by atoms with E-state index in [1.165, 1.54) is 11.3 Å². The average molecular weight is 457 g/mol. The second-order valence-electron chi connectivity index (χ2n) is 6.01. The topological polar surface area (TPSA) is 55.6 Å². The quantitative estimate of drug-likeness (QED) is 0.362. The number of hydrogen-bond donors (Lipinski definition) is 0. The maximum absolute atomic E-state index is 13.3. The number of rotatable bonds is 6. The summed E-state index contributed by atoms with van der Waals surface area (Å²) in [5.74, 6) is 1.26. The first kappa shape index (κ1) is 18.7. The highest BCUT2D eigenvalue weighted by atomic mass is 79.9. The zero-order valence-corrected chi connectivity index (χ0v) is 17.5. The van der Waals surface area contributed by atoms with E-state index in [4.69, 9.17) is 14.1 Å². The van der Waals surface area contributed by atoms with E-state index in [9.17, 15) is 4.79 Å². The lowest BCUT2D eigenvalue weighted by Crippen LogP contribution is -2.30. The summed E-state index contributed by atoms with van der Waals surface area (Å²) < 4.78 is 13.0. The lowest BCUT2D eigenvalue weighted by Gasteiger charge is -2.19. The minimum Gasteiger partial charge on any atom is -0.492 e. The minimum atomic E-state index is -0.144. The molecule has 2 heterocycles. The number of hydrogen-bond acceptors (Lipinski definition) is 5. The van der Waals surface area contributed by atoms with Crippen molar-refractivity contribution < 1.29 is 13.9 Å². The van der Waals surface area contributed by atoms with Gasteiger partial charge >= 0.3 is 0 Å². The molecular weight excluding hydrogens is 440 g/mol. The number of furan rings is 1. The van der Waals surface area contributed by atoms with Crippen molar-refractivity contribution in [1.29, 1.82) is 0 Å². The van der Waals surface area contributed by atoms with Gasteiger partial charge in [-0.3, -0.25) is 9.69 Å². The Bertz CT molecular complexity index is 1110. The highest BCUT2D eigenvalue weighted by molar-refractivity contribution is 9.10. The van der Waals surface area contributed by atoms with Crippen LogP contribution in [0.1, 0.15) is 23.0 Å². The van der Waals surface area contributed by atoms with Crippen molar-refractivity contribution in [2.45, 2.75) is 13.5 Å². The number of carbonyl (C=O) groups is 1. The zero-order chi connectivity index (χ0) is 19.5. The van der Waals surface area contributed by atoms with Crippen LogP contribution in [0.25, 0.3) is 10.2 Å². The number of para-hydroxylation sites is 1. The number of aromatic nitrogens is 1. The Hall–Kier alpha value is -2.64. The predicted octanol–water partition coefficient (Wildman–Crippen LogP) is 5.90. The van der Waals surface area contributed by atoms with E-state index in [0.717, 1.165) is 20.4 Å². The number of anilines is 1. The molecule has 0 atom stereocenters. The molecule has 142 valence electrons. The number of ether oxygens (including phenoxy) is 1. The van der Waals surface area contributed by atoms with Crippen LogP contribution in [0, 0.1) is 0 Å². The molecule has 4 aromatic rings. The number of thiazole rings is 1. The molecule has 0 aliphatic carbocycles. The molecule has 0 bridgehead atoms. The molecule has 0 unspecified atom stereocenters. The third-order valence-electron chi connectivity index (χ3n) is 4.11. The second-order valence-corrected chi connectivity index (χ2v) is 7.94. The molecule has 28 heavy (non-hydrogen) atoms. The number of carbonyl (C=O) groups excluding carboxylic acids is 1. The molecule has 0 saturated heterocycles. The molecule has 0 radical (unpaired) electrons. The highest BCUT2D eigenvalue weighted by Gasteiger charge is 2.23. The van der Waals surface area contributed by atoms with Crippen LogP contribution in [-0.4, -0.2) is 17.5 Å². The molecule has 5 nitrogen and oxygen atoms in total. The molecule has 0 spiro atoms. The molecule has 0 aliphatic heterocycles. The second kappa shape index (κ2) is 8.16. The highest BCUT2D eigenvalue weighted by Crippen LogP contribution is 2.35. The average Bonchev–Trinajstić information content (AvgIpc) is 3.36. The summed E-state index contributed by atoms with van der Waals surface area (Å²) in [6, 6.07) is 16.8. The summed E-state index contributed by atoms with van der Waals surface area (Å²) >= 11 is 4.89. The fourth-order valence-corrected chi connectivity index (χ4v) is 4.24. The Morgan fingerprint density at radius 3 is 2.82 bits per heavy atom. The molecular formula is C21H17BrN2O3S. The fraction of sp³-hybridized carbons (Fsp3) is 0.143. The van der Waals surface area contributed by atoms with Crippen molar-refractivity contribution in [3.8, 4) is 5.75 Å². The van der Waals surface area contributed by atoms with Gasteiger partial charge in [0.25, 0.3) is 5.91 Å². The van der Waals surface area contributed by atoms with E-state index < -0.39 is 0 Å². The van der Waals surface area contributed by atoms with Crippen LogP contribution in [0.5, 0.6) is 5.75 Å². The first-order valence-electron chi connectivity index (χ1n) is 8.78. The maximum Gasteiger partial charge on any atom is 0.260 e. The van der Waals surface area contributed by atoms with E-state index in [1.54, 1.807) is 23.3 Å². The smallest absolute Gasteiger partial charge is 0.260 e. The molecule has 0 N–H and O–H groups in total. The molecule has 2 aromatic heterocycles. The molecule has 0 saturated carbocycles. The minimum absolute atomic E-state index is 0.144.